The molecule has 0 aromatic heterocycles. The number of anilines is 1. The van der Waals surface area contributed by atoms with Gasteiger partial charge in [0.2, 0.25) is 5.91 Å². The number of methoxy groups -OCH3 is 2. The Bertz CT molecular complexity index is 906. The van der Waals surface area contributed by atoms with Crippen LogP contribution in [0.15, 0.2) is 48.5 Å². The summed E-state index contributed by atoms with van der Waals surface area (Å²) in [6, 6.07) is 15.1. The number of benzene rings is 2. The fourth-order valence-corrected chi connectivity index (χ4v) is 3.49. The second kappa shape index (κ2) is 11.1. The maximum absolute atomic E-state index is 12.7. The van der Waals surface area contributed by atoms with Crippen molar-refractivity contribution in [2.24, 2.45) is 5.92 Å². The van der Waals surface area contributed by atoms with Gasteiger partial charge in [0.1, 0.15) is 0 Å². The lowest BCUT2D eigenvalue weighted by molar-refractivity contribution is -0.122. The van der Waals surface area contributed by atoms with Crippen LogP contribution >= 0.6 is 0 Å². The van der Waals surface area contributed by atoms with Crippen molar-refractivity contribution in [3.63, 3.8) is 0 Å². The topological polar surface area (TPSA) is 88.7 Å². The molecule has 0 bridgehead atoms. The number of para-hydroxylation sites is 1. The fraction of sp³-hybridized carbons (Fsp3) is 0.440. The molecule has 3 rings (SSSR count). The molecule has 7 nitrogen and oxygen atoms in total. The van der Waals surface area contributed by atoms with Crippen LogP contribution in [-0.2, 0) is 14.3 Å². The number of rotatable bonds is 10. The molecule has 1 unspecified atom stereocenters. The molecule has 0 heterocycles. The average molecular weight is 440 g/mol. The van der Waals surface area contributed by atoms with Crippen molar-refractivity contribution in [2.45, 2.75) is 44.9 Å². The molecule has 1 atom stereocenters. The van der Waals surface area contributed by atoms with Crippen molar-refractivity contribution in [2.75, 3.05) is 26.1 Å². The van der Waals surface area contributed by atoms with Gasteiger partial charge in [-0.05, 0) is 36.0 Å². The van der Waals surface area contributed by atoms with E-state index in [9.17, 15) is 9.59 Å². The summed E-state index contributed by atoms with van der Waals surface area (Å²) in [6.45, 7) is 4.51. The Morgan fingerprint density at radius 3 is 2.19 bits per heavy atom. The highest BCUT2D eigenvalue weighted by Crippen LogP contribution is 2.33. The molecule has 7 heteroatoms. The van der Waals surface area contributed by atoms with E-state index in [1.54, 1.807) is 0 Å². The van der Waals surface area contributed by atoms with Gasteiger partial charge in [-0.2, -0.15) is 0 Å². The Balaban J connectivity index is 1.84. The van der Waals surface area contributed by atoms with Crippen LogP contribution < -0.4 is 16.0 Å². The van der Waals surface area contributed by atoms with Crippen LogP contribution in [0, 0.1) is 5.92 Å². The highest BCUT2D eigenvalue weighted by atomic mass is 16.7. The van der Waals surface area contributed by atoms with Gasteiger partial charge in [-0.1, -0.05) is 56.3 Å². The maximum atomic E-state index is 12.7. The Morgan fingerprint density at radius 2 is 1.59 bits per heavy atom. The summed E-state index contributed by atoms with van der Waals surface area (Å²) in [5, 5.41) is 8.83. The molecule has 1 aliphatic carbocycles. The van der Waals surface area contributed by atoms with Crippen LogP contribution in [0.1, 0.15) is 55.3 Å². The number of hydrogen-bond donors (Lipinski definition) is 3. The largest absolute Gasteiger partial charge is 0.354 e. The van der Waals surface area contributed by atoms with E-state index >= 15 is 0 Å². The number of carbonyl (C=O) groups excluding carboxylic acids is 2. The van der Waals surface area contributed by atoms with E-state index < -0.39 is 6.29 Å². The minimum Gasteiger partial charge on any atom is -0.354 e. The molecule has 1 aliphatic rings. The third-order valence-electron chi connectivity index (χ3n) is 5.65. The molecule has 3 amide bonds. The predicted molar refractivity (Wildman–Crippen MR) is 125 cm³/mol. The first kappa shape index (κ1) is 23.8. The van der Waals surface area contributed by atoms with Gasteiger partial charge in [-0.25, -0.2) is 4.79 Å². The van der Waals surface area contributed by atoms with Crippen molar-refractivity contribution in [1.82, 2.24) is 10.6 Å². The molecule has 1 fully saturated rings. The number of ether oxygens (including phenoxy) is 2. The SMILES string of the molecule is COC(CNC(=O)Nc1ccccc1C(NC(=O)C1CC1)c1ccc(C(C)C)cc1)OC. The van der Waals surface area contributed by atoms with E-state index in [2.05, 4.69) is 41.9 Å². The third-order valence-corrected chi connectivity index (χ3v) is 5.65. The monoisotopic (exact) mass is 439 g/mol. The number of nitrogens with one attached hydrogen (secondary N) is 3. The molecular formula is C25H33N3O4. The number of amides is 3. The minimum atomic E-state index is -0.527. The molecule has 3 N–H and O–H groups in total. The zero-order chi connectivity index (χ0) is 23.1. The van der Waals surface area contributed by atoms with E-state index in [0.717, 1.165) is 24.0 Å². The molecule has 0 saturated heterocycles. The molecule has 2 aromatic rings. The first-order valence-corrected chi connectivity index (χ1v) is 11.0. The van der Waals surface area contributed by atoms with Crippen molar-refractivity contribution < 1.29 is 19.1 Å². The van der Waals surface area contributed by atoms with Crippen LogP contribution in [0.5, 0.6) is 0 Å². The van der Waals surface area contributed by atoms with Crippen molar-refractivity contribution in [1.29, 1.82) is 0 Å². The first-order valence-electron chi connectivity index (χ1n) is 11.0. The Labute approximate surface area is 189 Å². The fourth-order valence-electron chi connectivity index (χ4n) is 3.49. The van der Waals surface area contributed by atoms with Gasteiger partial charge in [0, 0.05) is 31.4 Å². The summed E-state index contributed by atoms with van der Waals surface area (Å²) < 4.78 is 10.2. The van der Waals surface area contributed by atoms with Gasteiger partial charge < -0.3 is 25.4 Å². The van der Waals surface area contributed by atoms with Crippen LogP contribution in [0.2, 0.25) is 0 Å². The van der Waals surface area contributed by atoms with E-state index in [4.69, 9.17) is 9.47 Å². The van der Waals surface area contributed by atoms with Gasteiger partial charge in [-0.15, -0.1) is 0 Å². The minimum absolute atomic E-state index is 0.0465. The summed E-state index contributed by atoms with van der Waals surface area (Å²) in [6.07, 6.45) is 1.32. The molecule has 2 aromatic carbocycles. The first-order chi connectivity index (χ1) is 15.4. The van der Waals surface area contributed by atoms with Crippen molar-refractivity contribution >= 4 is 17.6 Å². The van der Waals surface area contributed by atoms with E-state index in [1.807, 2.05) is 36.4 Å². The Hall–Kier alpha value is -2.90. The second-order valence-corrected chi connectivity index (χ2v) is 8.36. The Kier molecular flexibility index (Phi) is 8.25. The maximum Gasteiger partial charge on any atom is 0.319 e. The lowest BCUT2D eigenvalue weighted by Gasteiger charge is -2.23. The van der Waals surface area contributed by atoms with Crippen LogP contribution in [0.3, 0.4) is 0 Å². The van der Waals surface area contributed by atoms with Crippen LogP contribution in [0.25, 0.3) is 0 Å². The molecule has 1 saturated carbocycles. The number of carbonyl (C=O) groups is 2. The van der Waals surface area contributed by atoms with Gasteiger partial charge in [-0.3, -0.25) is 4.79 Å². The predicted octanol–water partition coefficient (Wildman–Crippen LogP) is 4.17. The normalized spacial score (nSPS) is 14.3. The zero-order valence-electron chi connectivity index (χ0n) is 19.2. The molecule has 32 heavy (non-hydrogen) atoms. The zero-order valence-corrected chi connectivity index (χ0v) is 19.2. The molecule has 172 valence electrons. The summed E-state index contributed by atoms with van der Waals surface area (Å²) in [5.74, 6) is 0.547. The molecule has 0 spiro atoms. The van der Waals surface area contributed by atoms with Crippen molar-refractivity contribution in [3.05, 3.63) is 65.2 Å². The Morgan fingerprint density at radius 1 is 0.969 bits per heavy atom. The van der Waals surface area contributed by atoms with Gasteiger partial charge in [0.15, 0.2) is 6.29 Å². The lowest BCUT2D eigenvalue weighted by Crippen LogP contribution is -2.37. The molecular weight excluding hydrogens is 406 g/mol. The van der Waals surface area contributed by atoms with Gasteiger partial charge >= 0.3 is 6.03 Å². The number of hydrogen-bond acceptors (Lipinski definition) is 4. The highest BCUT2D eigenvalue weighted by molar-refractivity contribution is 5.90. The summed E-state index contributed by atoms with van der Waals surface area (Å²) >= 11 is 0. The summed E-state index contributed by atoms with van der Waals surface area (Å²) in [5.41, 5.74) is 3.66. The molecule has 0 radical (unpaired) electrons. The van der Waals surface area contributed by atoms with E-state index in [1.165, 1.54) is 19.8 Å². The highest BCUT2D eigenvalue weighted by Gasteiger charge is 2.32. The second-order valence-electron chi connectivity index (χ2n) is 8.36. The van der Waals surface area contributed by atoms with Crippen LogP contribution in [-0.4, -0.2) is 39.0 Å². The van der Waals surface area contributed by atoms with Gasteiger partial charge in [0.25, 0.3) is 0 Å². The van der Waals surface area contributed by atoms with Crippen LogP contribution in [0.4, 0.5) is 10.5 Å². The quantitative estimate of drug-likeness (QED) is 0.485. The lowest BCUT2D eigenvalue weighted by atomic mass is 9.94. The van der Waals surface area contributed by atoms with E-state index in [0.29, 0.717) is 11.6 Å². The third kappa shape index (κ3) is 6.31. The molecule has 0 aliphatic heterocycles. The van der Waals surface area contributed by atoms with Crippen molar-refractivity contribution in [3.8, 4) is 0 Å². The smallest absolute Gasteiger partial charge is 0.319 e. The number of urea groups is 1. The standard InChI is InChI=1S/C25H33N3O4/c1-16(2)17-9-11-18(12-10-17)23(28-24(29)19-13-14-19)20-7-5-6-8-21(20)27-25(30)26-15-22(31-3)32-4/h5-12,16,19,22-23H,13-15H2,1-4H3,(H,28,29)(H2,26,27,30). The average Bonchev–Trinajstić information content (AvgIpc) is 3.64. The van der Waals surface area contributed by atoms with Gasteiger partial charge in [0.05, 0.1) is 12.6 Å². The summed E-state index contributed by atoms with van der Waals surface area (Å²) in [7, 11) is 3.03. The van der Waals surface area contributed by atoms with E-state index in [-0.39, 0.29) is 30.4 Å². The summed E-state index contributed by atoms with van der Waals surface area (Å²) in [4.78, 5) is 25.2.